The predicted octanol–water partition coefficient (Wildman–Crippen LogP) is 5.54. The number of carboxylic acid groups (broad SMARTS) is 1. The SMILES string of the molecule is C=C1/C(=C\C(C)=C/C)OCc2cc(OC)ccc2C1C1CCN(CC(C)(C)C(=O)O)CC1. The molecule has 0 saturated carbocycles. The topological polar surface area (TPSA) is 59.0 Å². The van der Waals surface area contributed by atoms with Crippen molar-refractivity contribution < 1.29 is 19.4 Å². The van der Waals surface area contributed by atoms with E-state index in [0.29, 0.717) is 19.1 Å². The van der Waals surface area contributed by atoms with E-state index < -0.39 is 11.4 Å². The summed E-state index contributed by atoms with van der Waals surface area (Å²) in [6, 6.07) is 6.26. The number of hydrogen-bond donors (Lipinski definition) is 1. The van der Waals surface area contributed by atoms with Crippen LogP contribution < -0.4 is 4.74 Å². The normalized spacial score (nSPS) is 22.3. The maximum Gasteiger partial charge on any atom is 0.310 e. The molecule has 174 valence electrons. The number of fused-ring (bicyclic) bond motifs is 1. The Morgan fingerprint density at radius 1 is 1.34 bits per heavy atom. The van der Waals surface area contributed by atoms with Gasteiger partial charge in [-0.25, -0.2) is 0 Å². The molecule has 0 aliphatic carbocycles. The van der Waals surface area contributed by atoms with Gasteiger partial charge in [0.05, 0.1) is 12.5 Å². The summed E-state index contributed by atoms with van der Waals surface area (Å²) >= 11 is 0. The molecule has 0 aromatic heterocycles. The second-order valence-corrected chi connectivity index (χ2v) is 9.70. The molecule has 0 amide bonds. The standard InChI is InChI=1S/C27H37NO4/c1-7-18(2)14-24-19(3)25(23-9-8-22(31-6)15-21(23)16-32-24)20-10-12-28(13-11-20)17-27(4,5)26(29)30/h7-9,14-15,20,25H,3,10-13,16-17H2,1-2,4-6H3,(H,29,30)/b18-7-,24-14+. The molecular weight excluding hydrogens is 402 g/mol. The van der Waals surface area contributed by atoms with Gasteiger partial charge in [-0.05, 0) is 94.5 Å². The Bertz CT molecular complexity index is 920. The minimum atomic E-state index is -0.745. The monoisotopic (exact) mass is 439 g/mol. The van der Waals surface area contributed by atoms with Crippen molar-refractivity contribution in [1.82, 2.24) is 4.90 Å². The lowest BCUT2D eigenvalue weighted by Gasteiger charge is -2.39. The van der Waals surface area contributed by atoms with Crippen molar-refractivity contribution in [2.75, 3.05) is 26.7 Å². The van der Waals surface area contributed by atoms with Crippen LogP contribution in [-0.2, 0) is 16.1 Å². The molecular formula is C27H37NO4. The fourth-order valence-corrected chi connectivity index (χ4v) is 4.76. The Kier molecular flexibility index (Phi) is 7.50. The smallest absolute Gasteiger partial charge is 0.310 e. The average molecular weight is 440 g/mol. The summed E-state index contributed by atoms with van der Waals surface area (Å²) in [7, 11) is 1.69. The minimum Gasteiger partial charge on any atom is -0.497 e. The molecule has 0 radical (unpaired) electrons. The number of methoxy groups -OCH3 is 1. The van der Waals surface area contributed by atoms with Crippen molar-refractivity contribution in [3.63, 3.8) is 0 Å². The van der Waals surface area contributed by atoms with E-state index in [1.807, 2.05) is 13.0 Å². The Morgan fingerprint density at radius 2 is 2.03 bits per heavy atom. The van der Waals surface area contributed by atoms with Gasteiger partial charge < -0.3 is 19.5 Å². The fraction of sp³-hybridized carbons (Fsp3) is 0.519. The second-order valence-electron chi connectivity index (χ2n) is 9.70. The van der Waals surface area contributed by atoms with E-state index in [-0.39, 0.29) is 5.92 Å². The molecule has 0 bridgehead atoms. The van der Waals surface area contributed by atoms with Crippen LogP contribution in [0.2, 0.25) is 0 Å². The number of piperidine rings is 1. The van der Waals surface area contributed by atoms with Crippen molar-refractivity contribution in [1.29, 1.82) is 0 Å². The number of carboxylic acids is 1. The molecule has 0 spiro atoms. The van der Waals surface area contributed by atoms with E-state index in [2.05, 4.69) is 42.7 Å². The second kappa shape index (κ2) is 9.95. The molecule has 2 aliphatic rings. The van der Waals surface area contributed by atoms with Gasteiger partial charge in [-0.15, -0.1) is 0 Å². The third kappa shape index (κ3) is 5.26. The zero-order valence-electron chi connectivity index (χ0n) is 20.1. The molecule has 1 fully saturated rings. The fourth-order valence-electron chi connectivity index (χ4n) is 4.76. The molecule has 5 nitrogen and oxygen atoms in total. The van der Waals surface area contributed by atoms with Gasteiger partial charge in [0.15, 0.2) is 0 Å². The molecule has 1 unspecified atom stereocenters. The Balaban J connectivity index is 1.88. The number of carbonyl (C=O) groups is 1. The predicted molar refractivity (Wildman–Crippen MR) is 128 cm³/mol. The van der Waals surface area contributed by atoms with Crippen molar-refractivity contribution in [2.24, 2.45) is 11.3 Å². The maximum absolute atomic E-state index is 11.6. The summed E-state index contributed by atoms with van der Waals surface area (Å²) in [5.41, 5.74) is 3.84. The molecule has 1 saturated heterocycles. The Morgan fingerprint density at radius 3 is 2.62 bits per heavy atom. The lowest BCUT2D eigenvalue weighted by atomic mass is 9.74. The highest BCUT2D eigenvalue weighted by Crippen LogP contribution is 2.45. The van der Waals surface area contributed by atoms with Crippen LogP contribution in [0.1, 0.15) is 57.6 Å². The largest absolute Gasteiger partial charge is 0.497 e. The number of likely N-dealkylation sites (tertiary alicyclic amines) is 1. The summed E-state index contributed by atoms with van der Waals surface area (Å²) in [5.74, 6) is 1.54. The lowest BCUT2D eigenvalue weighted by Crippen LogP contribution is -2.43. The molecule has 2 aliphatic heterocycles. The third-order valence-electron chi connectivity index (χ3n) is 6.88. The van der Waals surface area contributed by atoms with Gasteiger partial charge in [-0.2, -0.15) is 0 Å². The van der Waals surface area contributed by atoms with Gasteiger partial charge in [-0.1, -0.05) is 24.3 Å². The summed E-state index contributed by atoms with van der Waals surface area (Å²) in [4.78, 5) is 13.8. The number of aliphatic carboxylic acids is 1. The van der Waals surface area contributed by atoms with Crippen LogP contribution in [0.25, 0.3) is 0 Å². The van der Waals surface area contributed by atoms with Crippen molar-refractivity contribution in [3.05, 3.63) is 65.0 Å². The van der Waals surface area contributed by atoms with E-state index in [4.69, 9.17) is 9.47 Å². The molecule has 1 N–H and O–H groups in total. The molecule has 1 aromatic carbocycles. The summed E-state index contributed by atoms with van der Waals surface area (Å²) < 4.78 is 11.7. The number of benzene rings is 1. The van der Waals surface area contributed by atoms with Crippen LogP contribution in [0.5, 0.6) is 5.75 Å². The van der Waals surface area contributed by atoms with E-state index >= 15 is 0 Å². The van der Waals surface area contributed by atoms with Gasteiger partial charge in [-0.3, -0.25) is 4.79 Å². The van der Waals surface area contributed by atoms with Crippen molar-refractivity contribution >= 4 is 5.97 Å². The van der Waals surface area contributed by atoms with Gasteiger partial charge in [0.2, 0.25) is 0 Å². The van der Waals surface area contributed by atoms with Crippen LogP contribution in [0.3, 0.4) is 0 Å². The Hall–Kier alpha value is -2.53. The number of rotatable bonds is 6. The van der Waals surface area contributed by atoms with Gasteiger partial charge in [0.25, 0.3) is 0 Å². The molecule has 5 heteroatoms. The van der Waals surface area contributed by atoms with Crippen LogP contribution >= 0.6 is 0 Å². The third-order valence-corrected chi connectivity index (χ3v) is 6.88. The number of hydrogen-bond acceptors (Lipinski definition) is 4. The van der Waals surface area contributed by atoms with Crippen LogP contribution in [0, 0.1) is 11.3 Å². The maximum atomic E-state index is 11.6. The van der Waals surface area contributed by atoms with Gasteiger partial charge in [0.1, 0.15) is 18.1 Å². The summed E-state index contributed by atoms with van der Waals surface area (Å²) in [6.07, 6.45) is 6.16. The zero-order valence-corrected chi connectivity index (χ0v) is 20.1. The lowest BCUT2D eigenvalue weighted by molar-refractivity contribution is -0.148. The molecule has 3 rings (SSSR count). The highest BCUT2D eigenvalue weighted by Gasteiger charge is 2.36. The minimum absolute atomic E-state index is 0.170. The summed E-state index contributed by atoms with van der Waals surface area (Å²) in [6.45, 7) is 15.1. The first-order valence-electron chi connectivity index (χ1n) is 11.5. The molecule has 1 aromatic rings. The molecule has 32 heavy (non-hydrogen) atoms. The van der Waals surface area contributed by atoms with E-state index in [1.54, 1.807) is 21.0 Å². The molecule has 2 heterocycles. The van der Waals surface area contributed by atoms with Crippen LogP contribution in [0.4, 0.5) is 0 Å². The first-order valence-corrected chi connectivity index (χ1v) is 11.5. The van der Waals surface area contributed by atoms with Crippen LogP contribution in [-0.4, -0.2) is 42.7 Å². The van der Waals surface area contributed by atoms with E-state index in [9.17, 15) is 9.90 Å². The van der Waals surface area contributed by atoms with Gasteiger partial charge in [0, 0.05) is 12.5 Å². The van der Waals surface area contributed by atoms with Gasteiger partial charge >= 0.3 is 5.97 Å². The highest BCUT2D eigenvalue weighted by molar-refractivity contribution is 5.73. The first-order chi connectivity index (χ1) is 15.2. The first kappa shape index (κ1) is 24.1. The quantitative estimate of drug-likeness (QED) is 0.631. The zero-order chi connectivity index (χ0) is 23.5. The molecule has 1 atom stereocenters. The van der Waals surface area contributed by atoms with Crippen LogP contribution in [0.15, 0.2) is 53.8 Å². The van der Waals surface area contributed by atoms with Crippen molar-refractivity contribution in [2.45, 2.75) is 53.1 Å². The van der Waals surface area contributed by atoms with E-state index in [1.165, 1.54) is 5.56 Å². The number of ether oxygens (including phenoxy) is 2. The number of nitrogens with zero attached hydrogens (tertiary/aromatic N) is 1. The summed E-state index contributed by atoms with van der Waals surface area (Å²) in [5, 5.41) is 9.49. The van der Waals surface area contributed by atoms with E-state index in [0.717, 1.165) is 54.1 Å². The number of allylic oxidation sites excluding steroid dienone is 4. The Labute approximate surface area is 192 Å². The average Bonchev–Trinajstić information content (AvgIpc) is 2.90. The highest BCUT2D eigenvalue weighted by atomic mass is 16.5. The van der Waals surface area contributed by atoms with Crippen molar-refractivity contribution in [3.8, 4) is 5.75 Å².